The molecule has 0 radical (unpaired) electrons. The van der Waals surface area contributed by atoms with Gasteiger partial charge in [0.05, 0.1) is 0 Å². The smallest absolute Gasteiger partial charge is 0.117 e. The molecule has 11 heavy (non-hydrogen) atoms. The minimum Gasteiger partial charge on any atom is -0.380 e. The zero-order valence-corrected chi connectivity index (χ0v) is 7.52. The first kappa shape index (κ1) is 10.3. The third-order valence-electron chi connectivity index (χ3n) is 1.27. The molecule has 62 valence electrons. The number of hydrogen-bond donors (Lipinski definition) is 1. The van der Waals surface area contributed by atoms with Gasteiger partial charge in [0.1, 0.15) is 6.10 Å². The topological polar surface area (TPSA) is 20.2 Å². The first-order valence-corrected chi connectivity index (χ1v) is 3.85. The summed E-state index contributed by atoms with van der Waals surface area (Å²) in [7, 11) is 0. The zero-order valence-electron chi connectivity index (χ0n) is 7.52. The van der Waals surface area contributed by atoms with Crippen LogP contribution in [0.1, 0.15) is 27.2 Å². The number of allylic oxidation sites excluding steroid dienone is 1. The second-order valence-corrected chi connectivity index (χ2v) is 3.14. The standard InChI is InChI=1S/C10H16O/c1-8(2)6-5-7-10(11)9(3)4/h9-11H,1,6H2,2-4H3. The third kappa shape index (κ3) is 5.69. The first-order chi connectivity index (χ1) is 5.04. The molecule has 0 heterocycles. The Bertz CT molecular complexity index is 181. The Morgan fingerprint density at radius 2 is 2.09 bits per heavy atom. The Hall–Kier alpha value is -0.740. The fourth-order valence-electron chi connectivity index (χ4n) is 0.473. The molecule has 0 spiro atoms. The molecule has 0 fully saturated rings. The molecule has 0 aromatic carbocycles. The fourth-order valence-corrected chi connectivity index (χ4v) is 0.473. The van der Waals surface area contributed by atoms with Crippen LogP contribution >= 0.6 is 0 Å². The van der Waals surface area contributed by atoms with E-state index in [1.165, 1.54) is 0 Å². The van der Waals surface area contributed by atoms with Crippen molar-refractivity contribution < 1.29 is 5.11 Å². The molecule has 0 aromatic heterocycles. The highest BCUT2D eigenvalue weighted by atomic mass is 16.3. The summed E-state index contributed by atoms with van der Waals surface area (Å²) < 4.78 is 0. The van der Waals surface area contributed by atoms with Gasteiger partial charge < -0.3 is 5.11 Å². The fraction of sp³-hybridized carbons (Fsp3) is 0.600. The van der Waals surface area contributed by atoms with Crippen molar-refractivity contribution in [3.63, 3.8) is 0 Å². The molecule has 0 rings (SSSR count). The molecule has 0 aliphatic rings. The summed E-state index contributed by atoms with van der Waals surface area (Å²) in [5, 5.41) is 9.24. The van der Waals surface area contributed by atoms with Crippen LogP contribution < -0.4 is 0 Å². The van der Waals surface area contributed by atoms with Gasteiger partial charge in [0.25, 0.3) is 0 Å². The van der Waals surface area contributed by atoms with Crippen LogP contribution in [0.2, 0.25) is 0 Å². The van der Waals surface area contributed by atoms with Crippen molar-refractivity contribution in [1.82, 2.24) is 0 Å². The van der Waals surface area contributed by atoms with Gasteiger partial charge >= 0.3 is 0 Å². The quantitative estimate of drug-likeness (QED) is 0.474. The lowest BCUT2D eigenvalue weighted by atomic mass is 10.1. The Labute approximate surface area is 69.1 Å². The monoisotopic (exact) mass is 152 g/mol. The van der Waals surface area contributed by atoms with Gasteiger partial charge in [0, 0.05) is 6.42 Å². The number of aliphatic hydroxyl groups is 1. The van der Waals surface area contributed by atoms with Crippen LogP contribution in [0.25, 0.3) is 0 Å². The lowest BCUT2D eigenvalue weighted by Crippen LogP contribution is -2.11. The molecule has 0 aromatic rings. The van der Waals surface area contributed by atoms with Crippen molar-refractivity contribution in [3.8, 4) is 11.8 Å². The van der Waals surface area contributed by atoms with Gasteiger partial charge in [-0.05, 0) is 12.8 Å². The molecule has 0 saturated heterocycles. The van der Waals surface area contributed by atoms with Crippen molar-refractivity contribution in [3.05, 3.63) is 12.2 Å². The van der Waals surface area contributed by atoms with Crippen LogP contribution in [0.15, 0.2) is 12.2 Å². The summed E-state index contributed by atoms with van der Waals surface area (Å²) in [5.41, 5.74) is 1.04. The second kappa shape index (κ2) is 4.98. The van der Waals surface area contributed by atoms with Gasteiger partial charge in [-0.1, -0.05) is 37.8 Å². The van der Waals surface area contributed by atoms with E-state index in [0.29, 0.717) is 6.42 Å². The van der Waals surface area contributed by atoms with E-state index in [9.17, 15) is 5.11 Å². The van der Waals surface area contributed by atoms with E-state index in [1.807, 2.05) is 20.8 Å². The van der Waals surface area contributed by atoms with Crippen LogP contribution in [0.4, 0.5) is 0 Å². The van der Waals surface area contributed by atoms with Crippen molar-refractivity contribution in [1.29, 1.82) is 0 Å². The molecule has 1 N–H and O–H groups in total. The third-order valence-corrected chi connectivity index (χ3v) is 1.27. The minimum atomic E-state index is -0.491. The summed E-state index contributed by atoms with van der Waals surface area (Å²) in [5.74, 6) is 5.84. The average Bonchev–Trinajstić information content (AvgIpc) is 1.86. The molecule has 0 bridgehead atoms. The molecule has 0 aliphatic carbocycles. The minimum absolute atomic E-state index is 0.215. The maximum absolute atomic E-state index is 9.24. The van der Waals surface area contributed by atoms with Crippen LogP contribution in [0.5, 0.6) is 0 Å². The largest absolute Gasteiger partial charge is 0.380 e. The molecule has 1 atom stereocenters. The van der Waals surface area contributed by atoms with Gasteiger partial charge in [0.15, 0.2) is 0 Å². The summed E-state index contributed by atoms with van der Waals surface area (Å²) in [6.45, 7) is 9.53. The average molecular weight is 152 g/mol. The van der Waals surface area contributed by atoms with E-state index in [4.69, 9.17) is 0 Å². The highest BCUT2D eigenvalue weighted by Crippen LogP contribution is 1.99. The Morgan fingerprint density at radius 3 is 2.45 bits per heavy atom. The normalized spacial score (nSPS) is 12.1. The van der Waals surface area contributed by atoms with Crippen molar-refractivity contribution in [2.45, 2.75) is 33.3 Å². The Morgan fingerprint density at radius 1 is 1.55 bits per heavy atom. The van der Waals surface area contributed by atoms with E-state index in [1.54, 1.807) is 0 Å². The summed E-state index contributed by atoms with van der Waals surface area (Å²) in [4.78, 5) is 0. The molecule has 1 heteroatoms. The van der Waals surface area contributed by atoms with Gasteiger partial charge in [0.2, 0.25) is 0 Å². The molecular weight excluding hydrogens is 136 g/mol. The SMILES string of the molecule is C=C(C)CC#CC(O)C(C)C. The van der Waals surface area contributed by atoms with Gasteiger partial charge in [-0.15, -0.1) is 0 Å². The van der Waals surface area contributed by atoms with Gasteiger partial charge in [-0.25, -0.2) is 0 Å². The highest BCUT2D eigenvalue weighted by molar-refractivity contribution is 5.11. The van der Waals surface area contributed by atoms with E-state index in [-0.39, 0.29) is 5.92 Å². The number of rotatable bonds is 2. The molecule has 0 saturated carbocycles. The van der Waals surface area contributed by atoms with Crippen molar-refractivity contribution >= 4 is 0 Å². The predicted molar refractivity (Wildman–Crippen MR) is 48.1 cm³/mol. The van der Waals surface area contributed by atoms with Crippen molar-refractivity contribution in [2.24, 2.45) is 5.92 Å². The molecule has 0 aliphatic heterocycles. The van der Waals surface area contributed by atoms with Crippen molar-refractivity contribution in [2.75, 3.05) is 0 Å². The van der Waals surface area contributed by atoms with Crippen LogP contribution in [0.3, 0.4) is 0 Å². The van der Waals surface area contributed by atoms with Crippen LogP contribution in [-0.4, -0.2) is 11.2 Å². The zero-order chi connectivity index (χ0) is 8.85. The molecule has 1 unspecified atom stereocenters. The Balaban J connectivity index is 3.78. The second-order valence-electron chi connectivity index (χ2n) is 3.14. The first-order valence-electron chi connectivity index (χ1n) is 3.85. The molecule has 1 nitrogen and oxygen atoms in total. The summed E-state index contributed by atoms with van der Waals surface area (Å²) in [6.07, 6.45) is 0.193. The van der Waals surface area contributed by atoms with E-state index < -0.39 is 6.10 Å². The van der Waals surface area contributed by atoms with Crippen LogP contribution in [-0.2, 0) is 0 Å². The lowest BCUT2D eigenvalue weighted by molar-refractivity contribution is 0.181. The predicted octanol–water partition coefficient (Wildman–Crippen LogP) is 1.97. The van der Waals surface area contributed by atoms with Crippen LogP contribution in [0, 0.1) is 17.8 Å². The van der Waals surface area contributed by atoms with E-state index >= 15 is 0 Å². The summed E-state index contributed by atoms with van der Waals surface area (Å²) >= 11 is 0. The Kier molecular flexibility index (Phi) is 4.65. The van der Waals surface area contributed by atoms with Gasteiger partial charge in [-0.2, -0.15) is 0 Å². The maximum atomic E-state index is 9.24. The van der Waals surface area contributed by atoms with E-state index in [0.717, 1.165) is 5.57 Å². The number of hydrogen-bond acceptors (Lipinski definition) is 1. The summed E-state index contributed by atoms with van der Waals surface area (Å²) in [6, 6.07) is 0. The number of aliphatic hydroxyl groups excluding tert-OH is 1. The van der Waals surface area contributed by atoms with E-state index in [2.05, 4.69) is 18.4 Å². The lowest BCUT2D eigenvalue weighted by Gasteiger charge is -2.05. The highest BCUT2D eigenvalue weighted by Gasteiger charge is 2.02. The molecule has 0 amide bonds. The molecular formula is C10H16O. The van der Waals surface area contributed by atoms with Gasteiger partial charge in [-0.3, -0.25) is 0 Å². The maximum Gasteiger partial charge on any atom is 0.117 e.